The largest absolute Gasteiger partial charge is 0.461 e. The maximum absolute atomic E-state index is 17.1. The lowest BCUT2D eigenvalue weighted by Gasteiger charge is -2.47. The van der Waals surface area contributed by atoms with E-state index in [-0.39, 0.29) is 93.5 Å². The van der Waals surface area contributed by atoms with Gasteiger partial charge in [0, 0.05) is 48.3 Å². The number of halogens is 6. The number of likely N-dealkylation sites (tertiary alicyclic amines) is 1. The molecule has 0 bridgehead atoms. The van der Waals surface area contributed by atoms with Crippen molar-refractivity contribution in [2.45, 2.75) is 68.5 Å². The number of alkyl halides is 4. The van der Waals surface area contributed by atoms with E-state index in [4.69, 9.17) is 10.5 Å². The minimum atomic E-state index is -5.10. The van der Waals surface area contributed by atoms with E-state index in [1.165, 1.54) is 0 Å². The first kappa shape index (κ1) is 32.5. The van der Waals surface area contributed by atoms with E-state index in [2.05, 4.69) is 9.97 Å². The van der Waals surface area contributed by atoms with E-state index in [0.29, 0.717) is 37.3 Å². The molecule has 0 radical (unpaired) electrons. The van der Waals surface area contributed by atoms with Crippen LogP contribution >= 0.6 is 11.3 Å². The van der Waals surface area contributed by atoms with Gasteiger partial charge in [-0.25, -0.2) is 13.2 Å². The smallest absolute Gasteiger partial charge is 0.417 e. The number of rotatable bonds is 6. The first-order valence-electron chi connectivity index (χ1n) is 17.0. The van der Waals surface area contributed by atoms with E-state index in [1.807, 2.05) is 15.9 Å². The molecule has 2 aromatic heterocycles. The topological polar surface area (TPSA) is 112 Å². The highest BCUT2D eigenvalue weighted by Crippen LogP contribution is 2.50. The second-order valence-corrected chi connectivity index (χ2v) is 15.4. The summed E-state index contributed by atoms with van der Waals surface area (Å²) in [6.07, 6.45) is -2.15. The third-order valence-electron chi connectivity index (χ3n) is 11.4. The standard InChI is InChI=1S/C35H31F6N7O2S/c36-17-11-34(7-1-8-46(34)13-17)15-50-33-44-28-19(31(45-33)48-14-24-23(48)6-9-47(24)32(49)16-2-3-16)10-21(35(39,40)41)26(27(28)38)18-4-5-22(37)29-25(18)20(12-42)30(43)51-29/h4-5,10,16-17,23-24H,1-3,6-9,11,13-15,43H2. The Morgan fingerprint density at radius 2 is 1.94 bits per heavy atom. The van der Waals surface area contributed by atoms with Crippen molar-refractivity contribution in [2.75, 3.05) is 43.4 Å². The first-order valence-corrected chi connectivity index (χ1v) is 17.8. The summed E-state index contributed by atoms with van der Waals surface area (Å²) in [5.41, 5.74) is 2.01. The van der Waals surface area contributed by atoms with Gasteiger partial charge in [0.05, 0.1) is 33.4 Å². The number of fused-ring (bicyclic) bond motifs is 4. The van der Waals surface area contributed by atoms with Crippen LogP contribution in [0.1, 0.15) is 49.7 Å². The Hall–Kier alpha value is -4.36. The Morgan fingerprint density at radius 1 is 1.14 bits per heavy atom. The number of nitrogens with two attached hydrogens (primary N) is 1. The number of nitrogens with zero attached hydrogens (tertiary/aromatic N) is 6. The van der Waals surface area contributed by atoms with Gasteiger partial charge in [0.2, 0.25) is 5.91 Å². The summed E-state index contributed by atoms with van der Waals surface area (Å²) < 4.78 is 97.6. The van der Waals surface area contributed by atoms with Crippen LogP contribution in [0.5, 0.6) is 6.01 Å². The average molecular weight is 728 g/mol. The molecule has 16 heteroatoms. The second-order valence-electron chi connectivity index (χ2n) is 14.3. The van der Waals surface area contributed by atoms with Crippen LogP contribution < -0.4 is 15.4 Å². The monoisotopic (exact) mass is 727 g/mol. The van der Waals surface area contributed by atoms with Crippen LogP contribution in [0.25, 0.3) is 32.1 Å². The van der Waals surface area contributed by atoms with Crippen LogP contribution in [-0.2, 0) is 11.0 Å². The molecule has 6 heterocycles. The lowest BCUT2D eigenvalue weighted by molar-refractivity contribution is -0.137. The Kier molecular flexibility index (Phi) is 7.22. The highest BCUT2D eigenvalue weighted by Gasteiger charge is 2.53. The predicted octanol–water partition coefficient (Wildman–Crippen LogP) is 6.42. The molecular weight excluding hydrogens is 696 g/mol. The summed E-state index contributed by atoms with van der Waals surface area (Å²) in [6, 6.07) is 3.85. The van der Waals surface area contributed by atoms with Crippen molar-refractivity contribution in [1.82, 2.24) is 19.8 Å². The predicted molar refractivity (Wildman–Crippen MR) is 177 cm³/mol. The van der Waals surface area contributed by atoms with Gasteiger partial charge in [0.1, 0.15) is 41.0 Å². The van der Waals surface area contributed by atoms with Crippen LogP contribution in [0.2, 0.25) is 0 Å². The Morgan fingerprint density at radius 3 is 2.69 bits per heavy atom. The summed E-state index contributed by atoms with van der Waals surface area (Å²) in [7, 11) is 0. The number of anilines is 2. The van der Waals surface area contributed by atoms with Gasteiger partial charge in [0.15, 0.2) is 5.82 Å². The molecule has 4 aromatic rings. The molecule has 4 aliphatic heterocycles. The first-order chi connectivity index (χ1) is 24.4. The Bertz CT molecular complexity index is 2180. The van der Waals surface area contributed by atoms with Gasteiger partial charge in [-0.05, 0) is 56.3 Å². The van der Waals surface area contributed by atoms with Gasteiger partial charge >= 0.3 is 12.2 Å². The van der Waals surface area contributed by atoms with E-state index in [9.17, 15) is 18.8 Å². The fourth-order valence-corrected chi connectivity index (χ4v) is 9.77. The van der Waals surface area contributed by atoms with Crippen molar-refractivity contribution in [3.05, 3.63) is 41.0 Å². The molecule has 9 nitrogen and oxygen atoms in total. The van der Waals surface area contributed by atoms with Gasteiger partial charge < -0.3 is 20.3 Å². The second kappa shape index (κ2) is 11.3. The van der Waals surface area contributed by atoms with Crippen molar-refractivity contribution in [2.24, 2.45) is 5.92 Å². The van der Waals surface area contributed by atoms with Crippen LogP contribution in [-0.4, -0.2) is 82.3 Å². The SMILES string of the molecule is N#Cc1c(N)sc2c(F)ccc(-c3c(C(F)(F)F)cc4c(N5CC6C5CCN6C(=O)C5CC5)nc(OCC56CCCN5CC(F)C6)nc4c3F)c12. The minimum Gasteiger partial charge on any atom is -0.461 e. The normalized spacial score (nSPS) is 26.1. The summed E-state index contributed by atoms with van der Waals surface area (Å²) in [6.45, 7) is 1.74. The van der Waals surface area contributed by atoms with Crippen molar-refractivity contribution < 1.29 is 35.9 Å². The molecule has 5 fully saturated rings. The number of benzene rings is 2. The maximum Gasteiger partial charge on any atom is 0.417 e. The summed E-state index contributed by atoms with van der Waals surface area (Å²) in [5, 5.41) is 9.28. The fraction of sp³-hybridized carbons (Fsp3) is 0.486. The highest BCUT2D eigenvalue weighted by atomic mass is 32.1. The third-order valence-corrected chi connectivity index (χ3v) is 12.4. The molecule has 266 valence electrons. The summed E-state index contributed by atoms with van der Waals surface area (Å²) in [4.78, 5) is 27.5. The van der Waals surface area contributed by atoms with Gasteiger partial charge in [-0.2, -0.15) is 28.4 Å². The average Bonchev–Trinajstić information content (AvgIpc) is 3.52. The Labute approximate surface area is 291 Å². The number of nitrogen functional groups attached to an aromatic ring is 1. The zero-order valence-electron chi connectivity index (χ0n) is 27.1. The fourth-order valence-electron chi connectivity index (χ4n) is 8.82. The molecule has 4 saturated heterocycles. The molecular formula is C35H31F6N7O2S. The lowest BCUT2D eigenvalue weighted by atomic mass is 9.91. The zero-order chi connectivity index (χ0) is 35.6. The molecule has 51 heavy (non-hydrogen) atoms. The third kappa shape index (κ3) is 4.94. The van der Waals surface area contributed by atoms with Gasteiger partial charge in [-0.1, -0.05) is 6.07 Å². The number of amides is 1. The summed E-state index contributed by atoms with van der Waals surface area (Å²) in [5.74, 6) is -2.05. The van der Waals surface area contributed by atoms with Crippen molar-refractivity contribution >= 4 is 49.1 Å². The molecule has 4 atom stereocenters. The van der Waals surface area contributed by atoms with E-state index < -0.39 is 46.2 Å². The van der Waals surface area contributed by atoms with Crippen LogP contribution in [0.4, 0.5) is 37.2 Å². The number of ether oxygens (including phenoxy) is 1. The molecule has 0 spiro atoms. The molecule has 1 amide bonds. The van der Waals surface area contributed by atoms with Crippen LogP contribution in [0, 0.1) is 28.9 Å². The van der Waals surface area contributed by atoms with Gasteiger partial charge in [-0.3, -0.25) is 9.69 Å². The molecule has 9 rings (SSSR count). The van der Waals surface area contributed by atoms with Crippen LogP contribution in [0.15, 0.2) is 18.2 Å². The van der Waals surface area contributed by atoms with Crippen LogP contribution in [0.3, 0.4) is 0 Å². The van der Waals surface area contributed by atoms with Crippen molar-refractivity contribution in [3.8, 4) is 23.2 Å². The van der Waals surface area contributed by atoms with Crippen molar-refractivity contribution in [3.63, 3.8) is 0 Å². The Balaban J connectivity index is 1.21. The number of nitriles is 1. The maximum atomic E-state index is 17.1. The van der Waals surface area contributed by atoms with Gasteiger partial charge in [-0.15, -0.1) is 11.3 Å². The number of aromatic nitrogens is 2. The molecule has 2 aromatic carbocycles. The number of hydrogen-bond acceptors (Lipinski definition) is 9. The van der Waals surface area contributed by atoms with E-state index >= 15 is 17.6 Å². The number of hydrogen-bond donors (Lipinski definition) is 1. The van der Waals surface area contributed by atoms with E-state index in [1.54, 1.807) is 4.90 Å². The highest BCUT2D eigenvalue weighted by molar-refractivity contribution is 7.23. The lowest BCUT2D eigenvalue weighted by Crippen LogP contribution is -2.63. The number of thiophene rings is 1. The minimum absolute atomic E-state index is 0.00148. The number of carbonyl (C=O) groups is 1. The molecule has 1 saturated carbocycles. The van der Waals surface area contributed by atoms with E-state index in [0.717, 1.165) is 37.5 Å². The van der Waals surface area contributed by atoms with Gasteiger partial charge in [0.25, 0.3) is 0 Å². The van der Waals surface area contributed by atoms with Crippen molar-refractivity contribution in [1.29, 1.82) is 5.26 Å². The quantitative estimate of drug-likeness (QED) is 0.227. The molecule has 4 unspecified atom stereocenters. The molecule has 5 aliphatic rings. The molecule has 2 N–H and O–H groups in total. The number of carbonyl (C=O) groups excluding carboxylic acids is 1. The molecule has 1 aliphatic carbocycles. The zero-order valence-corrected chi connectivity index (χ0v) is 27.9. The summed E-state index contributed by atoms with van der Waals surface area (Å²) >= 11 is 0.689.